The molecule has 0 aliphatic carbocycles. The molecule has 1 unspecified atom stereocenters. The molecule has 1 aliphatic rings. The van der Waals surface area contributed by atoms with Crippen LogP contribution < -0.4 is 0 Å². The van der Waals surface area contributed by atoms with Crippen LogP contribution in [-0.4, -0.2) is 22.9 Å². The van der Waals surface area contributed by atoms with Crippen LogP contribution in [0.1, 0.15) is 18.0 Å². The van der Waals surface area contributed by atoms with Crippen LogP contribution in [0.2, 0.25) is 0 Å². The third kappa shape index (κ3) is 4.54. The van der Waals surface area contributed by atoms with E-state index < -0.39 is 10.9 Å². The van der Waals surface area contributed by atoms with Gasteiger partial charge in [-0.1, -0.05) is 24.3 Å². The zero-order chi connectivity index (χ0) is 16.7. The molecule has 0 bridgehead atoms. The Morgan fingerprint density at radius 3 is 2.35 bits per heavy atom. The van der Waals surface area contributed by atoms with Crippen molar-refractivity contribution in [2.24, 2.45) is 0 Å². The molecule has 0 saturated heterocycles. The molecule has 1 atom stereocenters. The summed E-state index contributed by atoms with van der Waals surface area (Å²) in [5, 5.41) is 10.8. The molecule has 1 aromatic rings. The fourth-order valence-corrected chi connectivity index (χ4v) is 2.22. The number of hydrogen-bond donors (Lipinski definition) is 0. The summed E-state index contributed by atoms with van der Waals surface area (Å²) < 4.78 is 4.65. The second kappa shape index (κ2) is 7.93. The highest BCUT2D eigenvalue weighted by molar-refractivity contribution is 5.78. The van der Waals surface area contributed by atoms with Crippen LogP contribution in [0.3, 0.4) is 0 Å². The Hall–Kier alpha value is -2.89. The maximum absolute atomic E-state index is 11.4. The fraction of sp³-hybridized carbons (Fsp3) is 0.176. The molecule has 0 amide bonds. The molecule has 119 valence electrons. The van der Waals surface area contributed by atoms with Crippen LogP contribution in [0.15, 0.2) is 61.0 Å². The first-order valence-corrected chi connectivity index (χ1v) is 7.06. The van der Waals surface area contributed by atoms with Crippen molar-refractivity contribution in [3.8, 4) is 0 Å². The Morgan fingerprint density at radius 1 is 1.22 bits per heavy atom. The summed E-state index contributed by atoms with van der Waals surface area (Å²) in [6, 6.07) is 6.16. The predicted octanol–water partition coefficient (Wildman–Crippen LogP) is 3.30. The van der Waals surface area contributed by atoms with Crippen LogP contribution in [0, 0.1) is 16.5 Å². The number of non-ortho nitro benzene ring substituents is 1. The minimum absolute atomic E-state index is 0.0352. The van der Waals surface area contributed by atoms with Crippen LogP contribution in [-0.2, 0) is 9.53 Å². The van der Waals surface area contributed by atoms with Gasteiger partial charge < -0.3 is 9.64 Å². The van der Waals surface area contributed by atoms with E-state index in [0.717, 1.165) is 5.56 Å². The van der Waals surface area contributed by atoms with Gasteiger partial charge in [0.15, 0.2) is 0 Å². The highest BCUT2D eigenvalue weighted by Crippen LogP contribution is 2.28. The molecule has 2 rings (SSSR count). The van der Waals surface area contributed by atoms with E-state index in [4.69, 9.17) is 0 Å². The molecular weight excluding hydrogens is 296 g/mol. The zero-order valence-electron chi connectivity index (χ0n) is 12.7. The molecule has 0 saturated carbocycles. The quantitative estimate of drug-likeness (QED) is 0.458. The van der Waals surface area contributed by atoms with E-state index in [2.05, 4.69) is 4.74 Å². The van der Waals surface area contributed by atoms with Gasteiger partial charge in [0.25, 0.3) is 5.69 Å². The van der Waals surface area contributed by atoms with Crippen LogP contribution in [0.5, 0.6) is 0 Å². The summed E-state index contributed by atoms with van der Waals surface area (Å²) in [4.78, 5) is 23.7. The highest BCUT2D eigenvalue weighted by Gasteiger charge is 2.19. The van der Waals surface area contributed by atoms with Gasteiger partial charge in [0.05, 0.1) is 24.5 Å². The van der Waals surface area contributed by atoms with E-state index in [1.165, 1.54) is 25.7 Å². The second-order valence-electron chi connectivity index (χ2n) is 4.84. The van der Waals surface area contributed by atoms with Gasteiger partial charge in [-0.3, -0.25) is 14.9 Å². The molecule has 6 nitrogen and oxygen atoms in total. The van der Waals surface area contributed by atoms with E-state index >= 15 is 0 Å². The summed E-state index contributed by atoms with van der Waals surface area (Å²) in [6.45, 7) is 0. The fourth-order valence-electron chi connectivity index (χ4n) is 2.22. The van der Waals surface area contributed by atoms with Crippen molar-refractivity contribution in [2.45, 2.75) is 12.5 Å². The number of allylic oxidation sites excluding steroid dienone is 4. The molecule has 23 heavy (non-hydrogen) atoms. The van der Waals surface area contributed by atoms with E-state index in [0.29, 0.717) is 6.42 Å². The van der Waals surface area contributed by atoms with Crippen LogP contribution >= 0.6 is 0 Å². The Kier molecular flexibility index (Phi) is 5.68. The van der Waals surface area contributed by atoms with E-state index in [9.17, 15) is 14.9 Å². The number of esters is 1. The first-order valence-electron chi connectivity index (χ1n) is 7.06. The van der Waals surface area contributed by atoms with Crippen molar-refractivity contribution >= 4 is 11.7 Å². The van der Waals surface area contributed by atoms with Gasteiger partial charge in [-0.05, 0) is 24.1 Å². The SMILES string of the molecule is COC(=O)[CH]CC(c1ccc([N+](=O)[O-])cc1)N1C=CC=CC=C1. The minimum atomic E-state index is -0.435. The molecule has 0 N–H and O–H groups in total. The summed E-state index contributed by atoms with van der Waals surface area (Å²) in [5.74, 6) is -0.405. The Labute approximate surface area is 134 Å². The van der Waals surface area contributed by atoms with Crippen molar-refractivity contribution in [1.29, 1.82) is 0 Å². The van der Waals surface area contributed by atoms with E-state index in [1.54, 1.807) is 12.1 Å². The first kappa shape index (κ1) is 16.5. The van der Waals surface area contributed by atoms with E-state index in [-0.39, 0.29) is 11.7 Å². The number of carbonyl (C=O) groups excluding carboxylic acids is 1. The number of methoxy groups -OCH3 is 1. The number of rotatable bonds is 6. The molecule has 0 fully saturated rings. The van der Waals surface area contributed by atoms with Crippen LogP contribution in [0.4, 0.5) is 5.69 Å². The normalized spacial score (nSPS) is 14.4. The average Bonchev–Trinajstić information content (AvgIpc) is 2.84. The summed E-state index contributed by atoms with van der Waals surface area (Å²) in [7, 11) is 1.33. The third-order valence-corrected chi connectivity index (χ3v) is 3.41. The summed E-state index contributed by atoms with van der Waals surface area (Å²) >= 11 is 0. The number of benzene rings is 1. The maximum Gasteiger partial charge on any atom is 0.309 e. The summed E-state index contributed by atoms with van der Waals surface area (Å²) in [6.07, 6.45) is 13.2. The first-order chi connectivity index (χ1) is 11.1. The molecule has 1 aromatic carbocycles. The van der Waals surface area contributed by atoms with Crippen LogP contribution in [0.25, 0.3) is 0 Å². The van der Waals surface area contributed by atoms with Gasteiger partial charge in [-0.15, -0.1) is 0 Å². The third-order valence-electron chi connectivity index (χ3n) is 3.41. The van der Waals surface area contributed by atoms with Gasteiger partial charge in [0, 0.05) is 24.5 Å². The van der Waals surface area contributed by atoms with Gasteiger partial charge in [-0.25, -0.2) is 0 Å². The lowest BCUT2D eigenvalue weighted by molar-refractivity contribution is -0.384. The summed E-state index contributed by atoms with van der Waals surface area (Å²) in [5.41, 5.74) is 0.903. The average molecular weight is 313 g/mol. The number of ether oxygens (including phenoxy) is 1. The topological polar surface area (TPSA) is 72.7 Å². The highest BCUT2D eigenvalue weighted by atomic mass is 16.6. The Balaban J connectivity index is 2.24. The van der Waals surface area contributed by atoms with Gasteiger partial charge in [0.2, 0.25) is 0 Å². The van der Waals surface area contributed by atoms with Gasteiger partial charge in [-0.2, -0.15) is 0 Å². The van der Waals surface area contributed by atoms with Crippen molar-refractivity contribution < 1.29 is 14.5 Å². The number of hydrogen-bond acceptors (Lipinski definition) is 5. The largest absolute Gasteiger partial charge is 0.469 e. The lowest BCUT2D eigenvalue weighted by Gasteiger charge is -2.27. The van der Waals surface area contributed by atoms with Crippen molar-refractivity contribution in [2.75, 3.05) is 7.11 Å². The maximum atomic E-state index is 11.4. The zero-order valence-corrected chi connectivity index (χ0v) is 12.7. The predicted molar refractivity (Wildman–Crippen MR) is 86.0 cm³/mol. The number of nitro benzene ring substituents is 1. The molecule has 0 aromatic heterocycles. The van der Waals surface area contributed by atoms with Crippen molar-refractivity contribution in [3.63, 3.8) is 0 Å². The minimum Gasteiger partial charge on any atom is -0.469 e. The number of nitrogens with zero attached hydrogens (tertiary/aromatic N) is 2. The van der Waals surface area contributed by atoms with E-state index in [1.807, 2.05) is 41.6 Å². The molecule has 6 heteroatoms. The molecular formula is C17H17N2O4. The second-order valence-corrected chi connectivity index (χ2v) is 4.84. The van der Waals surface area contributed by atoms with Gasteiger partial charge in [0.1, 0.15) is 0 Å². The smallest absolute Gasteiger partial charge is 0.309 e. The van der Waals surface area contributed by atoms with Crippen molar-refractivity contribution in [3.05, 3.63) is 83.1 Å². The van der Waals surface area contributed by atoms with Crippen molar-refractivity contribution in [1.82, 2.24) is 4.90 Å². The monoisotopic (exact) mass is 313 g/mol. The Morgan fingerprint density at radius 2 is 1.83 bits per heavy atom. The standard InChI is InChI=1S/C17H17N2O4/c1-23-17(20)11-10-16(18-12-4-2-3-5-13-18)14-6-8-15(9-7-14)19(21)22/h2-9,11-13,16H,10H2,1H3. The van der Waals surface area contributed by atoms with Gasteiger partial charge >= 0.3 is 5.97 Å². The molecule has 1 aliphatic heterocycles. The Bertz CT molecular complexity index is 631. The lowest BCUT2D eigenvalue weighted by Crippen LogP contribution is -2.19. The molecule has 0 spiro atoms. The number of carbonyl (C=O) groups is 1. The number of nitro groups is 1. The lowest BCUT2D eigenvalue weighted by atomic mass is 10.0. The molecule has 1 heterocycles. The molecule has 1 radical (unpaired) electrons.